The third-order valence-electron chi connectivity index (χ3n) is 4.23. The Morgan fingerprint density at radius 3 is 2.24 bits per heavy atom. The Morgan fingerprint density at radius 2 is 1.69 bits per heavy atom. The SMILES string of the molecule is C=CCn1c(SCc2ccc(Cl)cc2)nnc1-c1cc(OC)c(OC)c(OC)c1. The van der Waals surface area contributed by atoms with Crippen molar-refractivity contribution < 1.29 is 14.2 Å². The van der Waals surface area contributed by atoms with Gasteiger partial charge in [0.2, 0.25) is 5.75 Å². The molecule has 0 fully saturated rings. The summed E-state index contributed by atoms with van der Waals surface area (Å²) in [4.78, 5) is 0. The fourth-order valence-electron chi connectivity index (χ4n) is 2.84. The molecule has 152 valence electrons. The van der Waals surface area contributed by atoms with Crippen molar-refractivity contribution in [1.29, 1.82) is 0 Å². The summed E-state index contributed by atoms with van der Waals surface area (Å²) >= 11 is 7.56. The fourth-order valence-corrected chi connectivity index (χ4v) is 3.87. The van der Waals surface area contributed by atoms with Crippen LogP contribution < -0.4 is 14.2 Å². The Hall–Kier alpha value is -2.64. The zero-order valence-corrected chi connectivity index (χ0v) is 18.1. The molecule has 0 unspecified atom stereocenters. The van der Waals surface area contributed by atoms with Gasteiger partial charge in [-0.25, -0.2) is 0 Å². The van der Waals surface area contributed by atoms with E-state index in [4.69, 9.17) is 25.8 Å². The van der Waals surface area contributed by atoms with Crippen LogP contribution in [0.15, 0.2) is 54.2 Å². The van der Waals surface area contributed by atoms with Gasteiger partial charge in [-0.2, -0.15) is 0 Å². The molecule has 8 heteroatoms. The third kappa shape index (κ3) is 4.68. The lowest BCUT2D eigenvalue weighted by Gasteiger charge is -2.14. The van der Waals surface area contributed by atoms with Crippen molar-refractivity contribution in [2.45, 2.75) is 17.5 Å². The van der Waals surface area contributed by atoms with Gasteiger partial charge in [0.1, 0.15) is 0 Å². The number of hydrogen-bond donors (Lipinski definition) is 0. The van der Waals surface area contributed by atoms with Gasteiger partial charge in [-0.15, -0.1) is 16.8 Å². The van der Waals surface area contributed by atoms with Crippen molar-refractivity contribution in [3.63, 3.8) is 0 Å². The van der Waals surface area contributed by atoms with Crippen LogP contribution in [0.2, 0.25) is 5.02 Å². The van der Waals surface area contributed by atoms with Gasteiger partial charge in [0.05, 0.1) is 21.3 Å². The average molecular weight is 432 g/mol. The number of methoxy groups -OCH3 is 3. The molecule has 0 atom stereocenters. The summed E-state index contributed by atoms with van der Waals surface area (Å²) in [5, 5.41) is 10.3. The van der Waals surface area contributed by atoms with Gasteiger partial charge < -0.3 is 14.2 Å². The van der Waals surface area contributed by atoms with Crippen LogP contribution in [0.5, 0.6) is 17.2 Å². The summed E-state index contributed by atoms with van der Waals surface area (Å²) in [7, 11) is 4.75. The van der Waals surface area contributed by atoms with Crippen molar-refractivity contribution >= 4 is 23.4 Å². The first-order valence-electron chi connectivity index (χ1n) is 8.83. The van der Waals surface area contributed by atoms with Gasteiger partial charge in [-0.3, -0.25) is 4.57 Å². The van der Waals surface area contributed by atoms with Crippen LogP contribution in [0.25, 0.3) is 11.4 Å². The van der Waals surface area contributed by atoms with E-state index in [-0.39, 0.29) is 0 Å². The molecular formula is C21H22ClN3O3S. The average Bonchev–Trinajstić information content (AvgIpc) is 3.15. The van der Waals surface area contributed by atoms with Crippen LogP contribution in [0.4, 0.5) is 0 Å². The second-order valence-corrected chi connectivity index (χ2v) is 7.41. The Kier molecular flexibility index (Phi) is 7.06. The smallest absolute Gasteiger partial charge is 0.203 e. The van der Waals surface area contributed by atoms with E-state index in [1.165, 1.54) is 0 Å². The van der Waals surface area contributed by atoms with E-state index in [2.05, 4.69) is 16.8 Å². The quantitative estimate of drug-likeness (QED) is 0.347. The molecule has 29 heavy (non-hydrogen) atoms. The van der Waals surface area contributed by atoms with Gasteiger partial charge in [0.25, 0.3) is 0 Å². The molecule has 0 radical (unpaired) electrons. The highest BCUT2D eigenvalue weighted by Gasteiger charge is 2.19. The van der Waals surface area contributed by atoms with E-state index >= 15 is 0 Å². The topological polar surface area (TPSA) is 58.4 Å². The van der Waals surface area contributed by atoms with Gasteiger partial charge >= 0.3 is 0 Å². The lowest BCUT2D eigenvalue weighted by Crippen LogP contribution is -2.02. The highest BCUT2D eigenvalue weighted by Crippen LogP contribution is 2.41. The zero-order valence-electron chi connectivity index (χ0n) is 16.5. The van der Waals surface area contributed by atoms with Crippen molar-refractivity contribution in [2.24, 2.45) is 0 Å². The normalized spacial score (nSPS) is 10.6. The van der Waals surface area contributed by atoms with E-state index < -0.39 is 0 Å². The molecule has 0 bridgehead atoms. The molecule has 6 nitrogen and oxygen atoms in total. The van der Waals surface area contributed by atoms with Crippen molar-refractivity contribution in [3.8, 4) is 28.6 Å². The first kappa shape index (κ1) is 21.1. The molecule has 0 saturated carbocycles. The lowest BCUT2D eigenvalue weighted by molar-refractivity contribution is 0.324. The van der Waals surface area contributed by atoms with Gasteiger partial charge in [-0.1, -0.05) is 41.6 Å². The molecule has 0 amide bonds. The molecule has 0 N–H and O–H groups in total. The first-order chi connectivity index (χ1) is 14.1. The van der Waals surface area contributed by atoms with Gasteiger partial charge in [-0.05, 0) is 29.8 Å². The molecule has 0 aliphatic carbocycles. The summed E-state index contributed by atoms with van der Waals surface area (Å²) in [6, 6.07) is 11.5. The Bertz CT molecular complexity index is 964. The summed E-state index contributed by atoms with van der Waals surface area (Å²) in [5.41, 5.74) is 1.97. The van der Waals surface area contributed by atoms with E-state index in [9.17, 15) is 0 Å². The lowest BCUT2D eigenvalue weighted by atomic mass is 10.1. The standard InChI is InChI=1S/C21H22ClN3O3S/c1-5-10-25-20(15-11-17(26-2)19(28-4)18(12-15)27-3)23-24-21(25)29-13-14-6-8-16(22)9-7-14/h5-9,11-12H,1,10,13H2,2-4H3. The van der Waals surface area contributed by atoms with Crippen LogP contribution >= 0.6 is 23.4 Å². The maximum absolute atomic E-state index is 5.96. The van der Waals surface area contributed by atoms with Crippen molar-refractivity contribution in [2.75, 3.05) is 21.3 Å². The Balaban J connectivity index is 1.96. The molecule has 0 spiro atoms. The maximum Gasteiger partial charge on any atom is 0.203 e. The summed E-state index contributed by atoms with van der Waals surface area (Å²) in [5.74, 6) is 3.10. The molecule has 0 aliphatic rings. The highest BCUT2D eigenvalue weighted by molar-refractivity contribution is 7.98. The predicted molar refractivity (Wildman–Crippen MR) is 116 cm³/mol. The number of aromatic nitrogens is 3. The Labute approximate surface area is 179 Å². The van der Waals surface area contributed by atoms with Crippen LogP contribution in [0.3, 0.4) is 0 Å². The molecule has 0 aliphatic heterocycles. The minimum Gasteiger partial charge on any atom is -0.493 e. The van der Waals surface area contributed by atoms with Gasteiger partial charge in [0.15, 0.2) is 22.5 Å². The second-order valence-electron chi connectivity index (χ2n) is 6.03. The highest BCUT2D eigenvalue weighted by atomic mass is 35.5. The van der Waals surface area contributed by atoms with Crippen LogP contribution in [-0.4, -0.2) is 36.1 Å². The van der Waals surface area contributed by atoms with Crippen LogP contribution in [0, 0.1) is 0 Å². The predicted octanol–water partition coefficient (Wildman–Crippen LogP) is 5.10. The number of rotatable bonds is 9. The number of halogens is 1. The fraction of sp³-hybridized carbons (Fsp3) is 0.238. The van der Waals surface area contributed by atoms with Crippen molar-refractivity contribution in [1.82, 2.24) is 14.8 Å². The monoisotopic (exact) mass is 431 g/mol. The van der Waals surface area contributed by atoms with E-state index in [0.29, 0.717) is 29.6 Å². The molecule has 3 rings (SSSR count). The van der Waals surface area contributed by atoms with E-state index in [0.717, 1.165) is 27.1 Å². The summed E-state index contributed by atoms with van der Waals surface area (Å²) in [6.07, 6.45) is 1.82. The van der Waals surface area contributed by atoms with Crippen LogP contribution in [-0.2, 0) is 12.3 Å². The maximum atomic E-state index is 5.96. The third-order valence-corrected chi connectivity index (χ3v) is 5.52. The van der Waals surface area contributed by atoms with Crippen LogP contribution in [0.1, 0.15) is 5.56 Å². The molecule has 1 aromatic heterocycles. The van der Waals surface area contributed by atoms with Crippen molar-refractivity contribution in [3.05, 3.63) is 59.6 Å². The molecular weight excluding hydrogens is 410 g/mol. The number of hydrogen-bond acceptors (Lipinski definition) is 6. The Morgan fingerprint density at radius 1 is 1.03 bits per heavy atom. The summed E-state index contributed by atoms with van der Waals surface area (Å²) < 4.78 is 18.3. The minimum atomic E-state index is 0.533. The largest absolute Gasteiger partial charge is 0.493 e. The molecule has 1 heterocycles. The summed E-state index contributed by atoms with van der Waals surface area (Å²) in [6.45, 7) is 4.44. The van der Waals surface area contributed by atoms with Gasteiger partial charge in [0, 0.05) is 22.9 Å². The second kappa shape index (κ2) is 9.71. The molecule has 2 aromatic carbocycles. The number of benzene rings is 2. The number of thioether (sulfide) groups is 1. The molecule has 3 aromatic rings. The number of nitrogens with zero attached hydrogens (tertiary/aromatic N) is 3. The number of ether oxygens (including phenoxy) is 3. The molecule has 0 saturated heterocycles. The van der Waals surface area contributed by atoms with E-state index in [1.54, 1.807) is 33.1 Å². The number of allylic oxidation sites excluding steroid dienone is 1. The zero-order chi connectivity index (χ0) is 20.8. The first-order valence-corrected chi connectivity index (χ1v) is 10.2. The minimum absolute atomic E-state index is 0.533. The van der Waals surface area contributed by atoms with E-state index in [1.807, 2.05) is 47.0 Å².